The fourth-order valence-corrected chi connectivity index (χ4v) is 7.70. The fourth-order valence-electron chi connectivity index (χ4n) is 6.42. The Morgan fingerprint density at radius 2 is 1.23 bits per heavy atom. The Labute approximate surface area is 298 Å². The number of aryl methyl sites for hydroxylation is 2. The second kappa shape index (κ2) is 12.1. The zero-order valence-corrected chi connectivity index (χ0v) is 30.3. The van der Waals surface area contributed by atoms with Crippen LogP contribution in [0.1, 0.15) is 30.7 Å². The molecule has 0 saturated heterocycles. The van der Waals surface area contributed by atoms with Crippen LogP contribution in [-0.2, 0) is 33.8 Å². The van der Waals surface area contributed by atoms with Crippen LogP contribution in [0.15, 0.2) is 86.6 Å². The molecule has 0 amide bonds. The van der Waals surface area contributed by atoms with E-state index in [1.54, 1.807) is 56.6 Å². The van der Waals surface area contributed by atoms with E-state index in [2.05, 4.69) is 20.6 Å². The normalized spacial score (nSPS) is 17.4. The van der Waals surface area contributed by atoms with Crippen molar-refractivity contribution in [1.29, 1.82) is 0 Å². The van der Waals surface area contributed by atoms with Crippen molar-refractivity contribution < 1.29 is 16.8 Å². The topological polar surface area (TPSA) is 188 Å². The first-order chi connectivity index (χ1) is 24.7. The van der Waals surface area contributed by atoms with Crippen molar-refractivity contribution in [2.45, 2.75) is 47.1 Å². The molecule has 0 radical (unpaired) electrons. The molecule has 2 aliphatic rings. The summed E-state index contributed by atoms with van der Waals surface area (Å²) in [5.74, 6) is 0.618. The average Bonchev–Trinajstić information content (AvgIpc) is 4.05. The molecular formula is C36H34N8O6S2. The first-order valence-electron chi connectivity index (χ1n) is 16.6. The van der Waals surface area contributed by atoms with Gasteiger partial charge in [-0.25, -0.2) is 36.8 Å². The van der Waals surface area contributed by atoms with Gasteiger partial charge in [-0.15, -0.1) is 0 Å². The Balaban J connectivity index is 1.21. The van der Waals surface area contributed by atoms with Gasteiger partial charge in [-0.05, 0) is 61.2 Å². The number of aromatic nitrogens is 6. The molecule has 6 aromatic rings. The van der Waals surface area contributed by atoms with Crippen molar-refractivity contribution in [3.8, 4) is 22.5 Å². The van der Waals surface area contributed by atoms with Gasteiger partial charge in [0.15, 0.2) is 19.7 Å². The van der Waals surface area contributed by atoms with Crippen molar-refractivity contribution >= 4 is 53.1 Å². The van der Waals surface area contributed by atoms with Gasteiger partial charge in [0, 0.05) is 55.7 Å². The van der Waals surface area contributed by atoms with E-state index in [1.807, 2.05) is 0 Å². The largest absolute Gasteiger partial charge is 0.367 e. The van der Waals surface area contributed by atoms with Crippen LogP contribution in [0.4, 0.5) is 11.6 Å². The number of anilines is 2. The third-order valence-electron chi connectivity index (χ3n) is 9.54. The highest BCUT2D eigenvalue weighted by Crippen LogP contribution is 2.47. The predicted molar refractivity (Wildman–Crippen MR) is 198 cm³/mol. The number of benzene rings is 2. The highest BCUT2D eigenvalue weighted by molar-refractivity contribution is 7.91. The lowest BCUT2D eigenvalue weighted by Crippen LogP contribution is -2.20. The summed E-state index contributed by atoms with van der Waals surface area (Å²) in [5.41, 5.74) is 3.39. The van der Waals surface area contributed by atoms with Crippen LogP contribution >= 0.6 is 0 Å². The summed E-state index contributed by atoms with van der Waals surface area (Å²) >= 11 is 0. The van der Waals surface area contributed by atoms with Gasteiger partial charge in [-0.2, -0.15) is 0 Å². The van der Waals surface area contributed by atoms with Crippen molar-refractivity contribution in [2.24, 2.45) is 14.1 Å². The Hall–Kier alpha value is -5.48. The minimum Gasteiger partial charge on any atom is -0.367 e. The summed E-state index contributed by atoms with van der Waals surface area (Å²) in [4.78, 5) is 45.7. The van der Waals surface area contributed by atoms with E-state index in [9.17, 15) is 26.4 Å². The summed E-state index contributed by atoms with van der Waals surface area (Å²) in [7, 11) is -3.74. The van der Waals surface area contributed by atoms with Crippen LogP contribution in [0.25, 0.3) is 44.3 Å². The minimum absolute atomic E-state index is 0.118. The van der Waals surface area contributed by atoms with Crippen LogP contribution in [-0.4, -0.2) is 70.5 Å². The van der Waals surface area contributed by atoms with Gasteiger partial charge in [0.05, 0.1) is 44.9 Å². The number of hydrogen-bond donors (Lipinski definition) is 2. The minimum atomic E-state index is -3.58. The van der Waals surface area contributed by atoms with E-state index in [0.29, 0.717) is 62.4 Å². The number of nitrogens with zero attached hydrogens (tertiary/aromatic N) is 6. The van der Waals surface area contributed by atoms with E-state index >= 15 is 0 Å². The number of nitrogens with one attached hydrogen (secondary N) is 2. The lowest BCUT2D eigenvalue weighted by Gasteiger charge is -2.16. The van der Waals surface area contributed by atoms with E-state index in [1.165, 1.54) is 33.9 Å². The van der Waals surface area contributed by atoms with Crippen molar-refractivity contribution in [1.82, 2.24) is 29.1 Å². The summed E-state index contributed by atoms with van der Waals surface area (Å²) in [5, 5.41) is 7.51. The number of sulfone groups is 2. The van der Waals surface area contributed by atoms with E-state index in [-0.39, 0.29) is 38.9 Å². The van der Waals surface area contributed by atoms with Gasteiger partial charge in [0.2, 0.25) is 0 Å². The molecule has 16 heteroatoms. The van der Waals surface area contributed by atoms with Crippen LogP contribution in [0.3, 0.4) is 0 Å². The molecule has 2 aliphatic carbocycles. The lowest BCUT2D eigenvalue weighted by molar-refractivity contribution is 0.600. The lowest BCUT2D eigenvalue weighted by atomic mass is 9.99. The van der Waals surface area contributed by atoms with E-state index < -0.39 is 19.7 Å². The van der Waals surface area contributed by atoms with E-state index in [4.69, 9.17) is 9.97 Å². The molecular weight excluding hydrogens is 705 g/mol. The molecule has 2 aromatic carbocycles. The first kappa shape index (κ1) is 33.7. The summed E-state index contributed by atoms with van der Waals surface area (Å²) < 4.78 is 52.4. The molecule has 4 aromatic heterocycles. The van der Waals surface area contributed by atoms with Gasteiger partial charge in [0.1, 0.15) is 22.4 Å². The maximum absolute atomic E-state index is 13.4. The molecule has 0 spiro atoms. The van der Waals surface area contributed by atoms with Gasteiger partial charge in [-0.1, -0.05) is 18.2 Å². The third-order valence-corrected chi connectivity index (χ3v) is 11.8. The van der Waals surface area contributed by atoms with Crippen molar-refractivity contribution in [2.75, 3.05) is 23.1 Å². The third kappa shape index (κ3) is 6.21. The van der Waals surface area contributed by atoms with Crippen LogP contribution in [0, 0.1) is 0 Å². The Morgan fingerprint density at radius 1 is 0.692 bits per heavy atom. The summed E-state index contributed by atoms with van der Waals surface area (Å²) in [6.07, 6.45) is 7.73. The number of rotatable bonds is 9. The molecule has 2 atom stereocenters. The molecule has 2 saturated carbocycles. The summed E-state index contributed by atoms with van der Waals surface area (Å²) in [6, 6.07) is 14.8. The Bertz CT molecular complexity index is 2810. The monoisotopic (exact) mass is 738 g/mol. The number of fused-ring (bicyclic) bond motifs is 2. The quantitative estimate of drug-likeness (QED) is 0.220. The van der Waals surface area contributed by atoms with Crippen LogP contribution in [0.2, 0.25) is 0 Å². The standard InChI is InChI=1S/C36H34N8O6S2/c1-43-18-38-30-16-28(42-33(31(30)35(43)45)39-20-7-8-20)24-13-22(52(4,49)50)11-12-23(24)25-14-27(25)41-34-32-29(37-17-44(2)36(32)46)15-26(40-34)19-5-9-21(10-6-19)51(3,47)48/h5-6,9-13,15-18,20,25,27H,7-8,14H2,1-4H3,(H,39,42)(H,40,41). The molecule has 4 heterocycles. The van der Waals surface area contributed by atoms with Gasteiger partial charge < -0.3 is 19.8 Å². The molecule has 0 bridgehead atoms. The molecule has 8 rings (SSSR count). The van der Waals surface area contributed by atoms with Crippen LogP contribution in [0.5, 0.6) is 0 Å². The molecule has 14 nitrogen and oxygen atoms in total. The van der Waals surface area contributed by atoms with Crippen molar-refractivity contribution in [3.05, 3.63) is 93.5 Å². The molecule has 2 unspecified atom stereocenters. The maximum Gasteiger partial charge on any atom is 0.264 e. The predicted octanol–water partition coefficient (Wildman–Crippen LogP) is 3.65. The highest BCUT2D eigenvalue weighted by atomic mass is 32.2. The first-order valence-corrected chi connectivity index (χ1v) is 20.3. The second-order valence-electron chi connectivity index (χ2n) is 13.7. The highest BCUT2D eigenvalue weighted by Gasteiger charge is 2.41. The van der Waals surface area contributed by atoms with Gasteiger partial charge in [0.25, 0.3) is 11.1 Å². The number of pyridine rings is 2. The zero-order chi connectivity index (χ0) is 36.7. The van der Waals surface area contributed by atoms with E-state index in [0.717, 1.165) is 30.9 Å². The maximum atomic E-state index is 13.4. The van der Waals surface area contributed by atoms with Crippen molar-refractivity contribution in [3.63, 3.8) is 0 Å². The summed E-state index contributed by atoms with van der Waals surface area (Å²) in [6.45, 7) is 0. The van der Waals surface area contributed by atoms with Gasteiger partial charge in [-0.3, -0.25) is 9.59 Å². The molecule has 266 valence electrons. The SMILES string of the molecule is Cn1cnc2cc(-c3cc(S(C)(=O)=O)ccc3C3CC3Nc3nc(-c4ccc(S(C)(=O)=O)cc4)cc4ncn(C)c(=O)c34)nc(NC3CC3)c2c1=O. The Morgan fingerprint density at radius 3 is 1.81 bits per heavy atom. The average molecular weight is 739 g/mol. The van der Waals surface area contributed by atoms with Crippen LogP contribution < -0.4 is 21.8 Å². The second-order valence-corrected chi connectivity index (χ2v) is 17.7. The Kier molecular flexibility index (Phi) is 7.80. The molecule has 2 fully saturated rings. The molecule has 52 heavy (non-hydrogen) atoms. The number of hydrogen-bond acceptors (Lipinski definition) is 12. The molecule has 0 aliphatic heterocycles. The molecule has 2 N–H and O–H groups in total. The zero-order valence-electron chi connectivity index (χ0n) is 28.7. The fraction of sp³-hybridized carbons (Fsp3) is 0.278. The van der Waals surface area contributed by atoms with Gasteiger partial charge >= 0.3 is 0 Å². The smallest absolute Gasteiger partial charge is 0.264 e.